The molecule has 0 rings (SSSR count). The smallest absolute Gasteiger partial charge is 0.302 e. The van der Waals surface area contributed by atoms with E-state index in [1.807, 2.05) is 0 Å². The van der Waals surface area contributed by atoms with Crippen molar-refractivity contribution in [3.05, 3.63) is 24.3 Å². The van der Waals surface area contributed by atoms with Crippen molar-refractivity contribution < 1.29 is 9.53 Å². The Hall–Kier alpha value is -1.05. The van der Waals surface area contributed by atoms with Crippen molar-refractivity contribution in [3.63, 3.8) is 0 Å². The van der Waals surface area contributed by atoms with Crippen LogP contribution in [-0.4, -0.2) is 12.6 Å². The highest BCUT2D eigenvalue weighted by Crippen LogP contribution is 2.13. The van der Waals surface area contributed by atoms with Crippen LogP contribution in [0, 0.1) is 5.92 Å². The van der Waals surface area contributed by atoms with E-state index in [1.54, 1.807) is 0 Å². The fourth-order valence-electron chi connectivity index (χ4n) is 2.18. The Morgan fingerprint density at radius 3 is 2.38 bits per heavy atom. The Kier molecular flexibility index (Phi) is 14.6. The SMILES string of the molecule is CCCC=CC=CC(C)CCCCCCCCOC(C)=O. The Balaban J connectivity index is 3.32. The fraction of sp³-hybridized carbons (Fsp3) is 0.737. The second kappa shape index (κ2) is 15.3. The highest BCUT2D eigenvalue weighted by molar-refractivity contribution is 5.65. The molecular weight excluding hydrogens is 260 g/mol. The highest BCUT2D eigenvalue weighted by atomic mass is 16.5. The molecule has 21 heavy (non-hydrogen) atoms. The molecule has 2 heteroatoms. The fourth-order valence-corrected chi connectivity index (χ4v) is 2.18. The molecule has 0 spiro atoms. The Bertz CT molecular complexity index is 292. The monoisotopic (exact) mass is 294 g/mol. The number of unbranched alkanes of at least 4 members (excludes halogenated alkanes) is 6. The summed E-state index contributed by atoms with van der Waals surface area (Å²) in [6.45, 7) is 6.55. The predicted octanol–water partition coefficient (Wildman–Crippen LogP) is 5.83. The summed E-state index contributed by atoms with van der Waals surface area (Å²) in [5.74, 6) is 0.516. The number of ether oxygens (including phenoxy) is 1. The minimum Gasteiger partial charge on any atom is -0.466 e. The van der Waals surface area contributed by atoms with Crippen LogP contribution in [0.15, 0.2) is 24.3 Å². The molecule has 0 amide bonds. The van der Waals surface area contributed by atoms with Crippen molar-refractivity contribution >= 4 is 5.97 Å². The molecule has 0 aliphatic heterocycles. The first-order chi connectivity index (χ1) is 10.2. The first kappa shape index (κ1) is 19.9. The Morgan fingerprint density at radius 1 is 1.05 bits per heavy atom. The topological polar surface area (TPSA) is 26.3 Å². The van der Waals surface area contributed by atoms with Crippen LogP contribution in [0.3, 0.4) is 0 Å². The number of allylic oxidation sites excluding steroid dienone is 4. The molecule has 0 radical (unpaired) electrons. The number of carbonyl (C=O) groups excluding carboxylic acids is 1. The Morgan fingerprint density at radius 2 is 1.71 bits per heavy atom. The van der Waals surface area contributed by atoms with Crippen LogP contribution in [0.5, 0.6) is 0 Å². The average Bonchev–Trinajstić information content (AvgIpc) is 2.45. The van der Waals surface area contributed by atoms with Crippen molar-refractivity contribution in [1.82, 2.24) is 0 Å². The van der Waals surface area contributed by atoms with Gasteiger partial charge in [-0.3, -0.25) is 4.79 Å². The largest absolute Gasteiger partial charge is 0.466 e. The molecule has 0 heterocycles. The minimum absolute atomic E-state index is 0.165. The maximum absolute atomic E-state index is 10.6. The van der Waals surface area contributed by atoms with Crippen LogP contribution in [0.1, 0.15) is 78.6 Å². The van der Waals surface area contributed by atoms with Gasteiger partial charge in [0.1, 0.15) is 0 Å². The van der Waals surface area contributed by atoms with Gasteiger partial charge in [-0.2, -0.15) is 0 Å². The van der Waals surface area contributed by atoms with E-state index in [1.165, 1.54) is 58.3 Å². The quantitative estimate of drug-likeness (QED) is 0.243. The average molecular weight is 294 g/mol. The number of rotatable bonds is 13. The number of carbonyl (C=O) groups is 1. The maximum Gasteiger partial charge on any atom is 0.302 e. The van der Waals surface area contributed by atoms with Crippen molar-refractivity contribution in [3.8, 4) is 0 Å². The first-order valence-corrected chi connectivity index (χ1v) is 8.63. The summed E-state index contributed by atoms with van der Waals surface area (Å²) in [5.41, 5.74) is 0. The van der Waals surface area contributed by atoms with Crippen LogP contribution >= 0.6 is 0 Å². The van der Waals surface area contributed by atoms with Gasteiger partial charge in [0.25, 0.3) is 0 Å². The van der Waals surface area contributed by atoms with Gasteiger partial charge in [-0.15, -0.1) is 0 Å². The van der Waals surface area contributed by atoms with E-state index in [0.717, 1.165) is 6.42 Å². The summed E-state index contributed by atoms with van der Waals surface area (Å²) in [4.78, 5) is 10.6. The molecule has 0 saturated carbocycles. The maximum atomic E-state index is 10.6. The summed E-state index contributed by atoms with van der Waals surface area (Å²) >= 11 is 0. The van der Waals surface area contributed by atoms with Crippen LogP contribution in [0.25, 0.3) is 0 Å². The molecule has 0 aliphatic carbocycles. The van der Waals surface area contributed by atoms with E-state index in [0.29, 0.717) is 12.5 Å². The molecule has 0 fully saturated rings. The summed E-state index contributed by atoms with van der Waals surface area (Å²) in [6, 6.07) is 0. The minimum atomic E-state index is -0.165. The standard InChI is InChI=1S/C19H34O2/c1-4-5-6-9-12-15-18(2)16-13-10-7-8-11-14-17-21-19(3)20/h6,9,12,15,18H,4-5,7-8,10-11,13-14,16-17H2,1-3H3. The van der Waals surface area contributed by atoms with Crippen LogP contribution in [0.2, 0.25) is 0 Å². The van der Waals surface area contributed by atoms with Crippen molar-refractivity contribution in [2.75, 3.05) is 6.61 Å². The zero-order valence-electron chi connectivity index (χ0n) is 14.3. The van der Waals surface area contributed by atoms with Crippen molar-refractivity contribution in [2.24, 2.45) is 5.92 Å². The van der Waals surface area contributed by atoms with E-state index >= 15 is 0 Å². The van der Waals surface area contributed by atoms with E-state index in [4.69, 9.17) is 4.74 Å². The lowest BCUT2D eigenvalue weighted by atomic mass is 10.0. The summed E-state index contributed by atoms with van der Waals surface area (Å²) in [6.07, 6.45) is 19.9. The molecule has 1 unspecified atom stereocenters. The van der Waals surface area contributed by atoms with Gasteiger partial charge in [-0.25, -0.2) is 0 Å². The lowest BCUT2D eigenvalue weighted by molar-refractivity contribution is -0.141. The molecule has 122 valence electrons. The summed E-state index contributed by atoms with van der Waals surface area (Å²) < 4.78 is 4.91. The van der Waals surface area contributed by atoms with Gasteiger partial charge in [-0.1, -0.05) is 76.7 Å². The Labute approximate surface area is 131 Å². The molecular formula is C19H34O2. The molecule has 0 aliphatic rings. The van der Waals surface area contributed by atoms with Gasteiger partial charge in [0.05, 0.1) is 6.61 Å². The molecule has 0 aromatic rings. The van der Waals surface area contributed by atoms with Gasteiger partial charge >= 0.3 is 5.97 Å². The van der Waals surface area contributed by atoms with Crippen molar-refractivity contribution in [1.29, 1.82) is 0 Å². The molecule has 0 bridgehead atoms. The normalized spacial score (nSPS) is 13.1. The van der Waals surface area contributed by atoms with E-state index in [-0.39, 0.29) is 5.97 Å². The zero-order chi connectivity index (χ0) is 15.8. The lowest BCUT2D eigenvalue weighted by Crippen LogP contribution is -2.00. The van der Waals surface area contributed by atoms with E-state index in [9.17, 15) is 4.79 Å². The second-order valence-electron chi connectivity index (χ2n) is 5.83. The van der Waals surface area contributed by atoms with E-state index < -0.39 is 0 Å². The van der Waals surface area contributed by atoms with Gasteiger partial charge in [0, 0.05) is 6.92 Å². The number of esters is 1. The molecule has 0 aromatic carbocycles. The lowest BCUT2D eigenvalue weighted by Gasteiger charge is -2.06. The summed E-state index contributed by atoms with van der Waals surface area (Å²) in [5, 5.41) is 0. The number of hydrogen-bond donors (Lipinski definition) is 0. The van der Waals surface area contributed by atoms with Crippen LogP contribution in [-0.2, 0) is 9.53 Å². The number of hydrogen-bond acceptors (Lipinski definition) is 2. The predicted molar refractivity (Wildman–Crippen MR) is 91.3 cm³/mol. The third kappa shape index (κ3) is 16.9. The van der Waals surface area contributed by atoms with Crippen LogP contribution < -0.4 is 0 Å². The summed E-state index contributed by atoms with van der Waals surface area (Å²) in [7, 11) is 0. The third-order valence-electron chi connectivity index (χ3n) is 3.50. The molecule has 0 N–H and O–H groups in total. The van der Waals surface area contributed by atoms with Gasteiger partial charge in [-0.05, 0) is 25.2 Å². The molecule has 2 nitrogen and oxygen atoms in total. The molecule has 0 aromatic heterocycles. The second-order valence-corrected chi connectivity index (χ2v) is 5.83. The molecule has 1 atom stereocenters. The van der Waals surface area contributed by atoms with Crippen LogP contribution in [0.4, 0.5) is 0 Å². The van der Waals surface area contributed by atoms with Gasteiger partial charge < -0.3 is 4.74 Å². The first-order valence-electron chi connectivity index (χ1n) is 8.63. The third-order valence-corrected chi connectivity index (χ3v) is 3.50. The van der Waals surface area contributed by atoms with Crippen molar-refractivity contribution in [2.45, 2.75) is 78.6 Å². The zero-order valence-corrected chi connectivity index (χ0v) is 14.3. The molecule has 0 saturated heterocycles. The van der Waals surface area contributed by atoms with Gasteiger partial charge in [0.15, 0.2) is 0 Å². The van der Waals surface area contributed by atoms with Gasteiger partial charge in [0.2, 0.25) is 0 Å². The highest BCUT2D eigenvalue weighted by Gasteiger charge is 1.97. The van der Waals surface area contributed by atoms with E-state index in [2.05, 4.69) is 38.2 Å².